The van der Waals surface area contributed by atoms with Gasteiger partial charge in [0.1, 0.15) is 0 Å². The zero-order valence-corrected chi connectivity index (χ0v) is 15.7. The summed E-state index contributed by atoms with van der Waals surface area (Å²) in [5.41, 5.74) is 2.65. The zero-order chi connectivity index (χ0) is 16.6. The molecule has 0 amide bonds. The Hall–Kier alpha value is -0.550. The number of benzene rings is 1. The molecule has 2 fully saturated rings. The summed E-state index contributed by atoms with van der Waals surface area (Å²) in [4.78, 5) is 0. The Bertz CT molecular complexity index is 490. The van der Waals surface area contributed by atoms with Gasteiger partial charge in [-0.05, 0) is 43.1 Å². The maximum atomic E-state index is 6.05. The summed E-state index contributed by atoms with van der Waals surface area (Å²) in [5.74, 6) is 0. The molecule has 3 rings (SSSR count). The van der Waals surface area contributed by atoms with Gasteiger partial charge < -0.3 is 14.8 Å². The summed E-state index contributed by atoms with van der Waals surface area (Å²) in [6.45, 7) is 3.36. The van der Waals surface area contributed by atoms with Crippen molar-refractivity contribution in [2.24, 2.45) is 0 Å². The van der Waals surface area contributed by atoms with Crippen molar-refractivity contribution < 1.29 is 9.47 Å². The minimum Gasteiger partial charge on any atom is -0.381 e. The van der Waals surface area contributed by atoms with Crippen LogP contribution in [0.15, 0.2) is 24.3 Å². The van der Waals surface area contributed by atoms with Crippen LogP contribution in [0.4, 0.5) is 0 Å². The van der Waals surface area contributed by atoms with E-state index in [-0.39, 0.29) is 0 Å². The molecule has 0 radical (unpaired) electrons. The van der Waals surface area contributed by atoms with Crippen molar-refractivity contribution in [3.05, 3.63) is 35.4 Å². The van der Waals surface area contributed by atoms with Crippen LogP contribution < -0.4 is 5.32 Å². The van der Waals surface area contributed by atoms with E-state index in [1.54, 1.807) is 0 Å². The highest BCUT2D eigenvalue weighted by molar-refractivity contribution is 7.99. The van der Waals surface area contributed by atoms with Gasteiger partial charge in [0.15, 0.2) is 0 Å². The molecule has 1 saturated carbocycles. The second-order valence-electron chi connectivity index (χ2n) is 6.99. The molecule has 0 spiro atoms. The molecular weight excluding hydrogens is 318 g/mol. The molecule has 1 saturated heterocycles. The smallest absolute Gasteiger partial charge is 0.0720 e. The highest BCUT2D eigenvalue weighted by Gasteiger charge is 2.23. The van der Waals surface area contributed by atoms with Crippen LogP contribution in [0.1, 0.15) is 49.7 Å². The van der Waals surface area contributed by atoms with Gasteiger partial charge in [0.2, 0.25) is 0 Å². The van der Waals surface area contributed by atoms with Crippen molar-refractivity contribution >= 4 is 11.8 Å². The summed E-state index contributed by atoms with van der Waals surface area (Å²) in [6, 6.07) is 9.52. The molecule has 134 valence electrons. The van der Waals surface area contributed by atoms with Crippen molar-refractivity contribution in [2.75, 3.05) is 19.5 Å². The van der Waals surface area contributed by atoms with Crippen molar-refractivity contribution in [1.82, 2.24) is 5.32 Å². The molecule has 2 atom stereocenters. The largest absolute Gasteiger partial charge is 0.381 e. The van der Waals surface area contributed by atoms with Crippen LogP contribution in [0.3, 0.4) is 0 Å². The van der Waals surface area contributed by atoms with E-state index in [0.29, 0.717) is 12.1 Å². The Labute approximate surface area is 150 Å². The summed E-state index contributed by atoms with van der Waals surface area (Å²) in [6.07, 6.45) is 10.1. The molecule has 24 heavy (non-hydrogen) atoms. The molecular formula is C20H31NO2S. The topological polar surface area (TPSA) is 30.5 Å². The molecule has 1 aromatic rings. The first-order chi connectivity index (χ1) is 11.8. The monoisotopic (exact) mass is 349 g/mol. The van der Waals surface area contributed by atoms with Crippen molar-refractivity contribution in [1.29, 1.82) is 0 Å². The Balaban J connectivity index is 1.47. The fourth-order valence-corrected chi connectivity index (χ4v) is 4.71. The fraction of sp³-hybridized carbons (Fsp3) is 0.700. The van der Waals surface area contributed by atoms with E-state index >= 15 is 0 Å². The fourth-order valence-electron chi connectivity index (χ4n) is 3.75. The van der Waals surface area contributed by atoms with Gasteiger partial charge in [0, 0.05) is 31.1 Å². The van der Waals surface area contributed by atoms with Gasteiger partial charge in [-0.1, -0.05) is 37.1 Å². The van der Waals surface area contributed by atoms with E-state index < -0.39 is 0 Å². The minimum absolute atomic E-state index is 0.366. The molecule has 1 aliphatic heterocycles. The van der Waals surface area contributed by atoms with E-state index in [0.717, 1.165) is 44.5 Å². The predicted molar refractivity (Wildman–Crippen MR) is 101 cm³/mol. The van der Waals surface area contributed by atoms with Crippen LogP contribution in [0.2, 0.25) is 0 Å². The Kier molecular flexibility index (Phi) is 7.46. The van der Waals surface area contributed by atoms with Crippen LogP contribution in [0.5, 0.6) is 0 Å². The lowest BCUT2D eigenvalue weighted by Gasteiger charge is -2.31. The maximum absolute atomic E-state index is 6.05. The molecule has 2 aliphatic rings. The number of nitrogens with one attached hydrogen (secondary N) is 1. The number of hydrogen-bond acceptors (Lipinski definition) is 4. The van der Waals surface area contributed by atoms with Crippen molar-refractivity contribution in [3.63, 3.8) is 0 Å². The third-order valence-electron chi connectivity index (χ3n) is 5.22. The average molecular weight is 350 g/mol. The third kappa shape index (κ3) is 5.48. The summed E-state index contributed by atoms with van der Waals surface area (Å²) < 4.78 is 11.4. The first-order valence-electron chi connectivity index (χ1n) is 9.38. The summed E-state index contributed by atoms with van der Waals surface area (Å²) in [5, 5.41) is 4.57. The van der Waals surface area contributed by atoms with Crippen molar-refractivity contribution in [3.8, 4) is 0 Å². The van der Waals surface area contributed by atoms with Gasteiger partial charge in [-0.25, -0.2) is 0 Å². The normalized spacial score (nSPS) is 25.7. The zero-order valence-electron chi connectivity index (χ0n) is 14.8. The van der Waals surface area contributed by atoms with E-state index in [4.69, 9.17) is 9.47 Å². The summed E-state index contributed by atoms with van der Waals surface area (Å²) in [7, 11) is 0. The van der Waals surface area contributed by atoms with Gasteiger partial charge in [-0.2, -0.15) is 11.8 Å². The van der Waals surface area contributed by atoms with Crippen LogP contribution in [-0.2, 0) is 22.6 Å². The Morgan fingerprint density at radius 2 is 1.92 bits per heavy atom. The molecule has 0 bridgehead atoms. The van der Waals surface area contributed by atoms with Crippen molar-refractivity contribution in [2.45, 2.75) is 69.1 Å². The maximum Gasteiger partial charge on any atom is 0.0720 e. The summed E-state index contributed by atoms with van der Waals surface area (Å²) >= 11 is 2.02. The lowest BCUT2D eigenvalue weighted by Crippen LogP contribution is -2.39. The van der Waals surface area contributed by atoms with Crippen LogP contribution in [0, 0.1) is 0 Å². The molecule has 1 N–H and O–H groups in total. The van der Waals surface area contributed by atoms with Gasteiger partial charge in [-0.15, -0.1) is 0 Å². The first kappa shape index (κ1) is 18.2. The van der Waals surface area contributed by atoms with Gasteiger partial charge in [0.25, 0.3) is 0 Å². The second-order valence-corrected chi connectivity index (χ2v) is 8.07. The molecule has 1 aliphatic carbocycles. The third-order valence-corrected chi connectivity index (χ3v) is 6.39. The molecule has 1 aromatic carbocycles. The van der Waals surface area contributed by atoms with Gasteiger partial charge >= 0.3 is 0 Å². The molecule has 4 heteroatoms. The number of ether oxygens (including phenoxy) is 2. The van der Waals surface area contributed by atoms with E-state index in [1.165, 1.54) is 36.8 Å². The van der Waals surface area contributed by atoms with Gasteiger partial charge in [-0.3, -0.25) is 0 Å². The Morgan fingerprint density at radius 3 is 2.75 bits per heavy atom. The van der Waals surface area contributed by atoms with Crippen LogP contribution >= 0.6 is 11.8 Å². The van der Waals surface area contributed by atoms with E-state index in [9.17, 15) is 0 Å². The van der Waals surface area contributed by atoms with Crippen LogP contribution in [0.25, 0.3) is 0 Å². The minimum atomic E-state index is 0.366. The van der Waals surface area contributed by atoms with Crippen LogP contribution in [-0.4, -0.2) is 36.9 Å². The molecule has 0 unspecified atom stereocenters. The lowest BCUT2D eigenvalue weighted by molar-refractivity contribution is -0.0390. The van der Waals surface area contributed by atoms with E-state index in [1.807, 2.05) is 11.8 Å². The molecule has 0 aromatic heterocycles. The molecule has 3 nitrogen and oxygen atoms in total. The molecule has 1 heterocycles. The number of thioether (sulfide) groups is 1. The lowest BCUT2D eigenvalue weighted by atomic mass is 9.94. The highest BCUT2D eigenvalue weighted by Crippen LogP contribution is 2.27. The highest BCUT2D eigenvalue weighted by atomic mass is 32.2. The average Bonchev–Trinajstić information content (AvgIpc) is 2.66. The van der Waals surface area contributed by atoms with E-state index in [2.05, 4.69) is 35.8 Å². The number of hydrogen-bond donors (Lipinski definition) is 1. The number of rotatable bonds is 7. The quantitative estimate of drug-likeness (QED) is 0.801. The standard InChI is InChI=1S/C20H31NO2S/c1-24-20-8-3-2-7-19(20)21-14-16-5-4-6-17(13-16)15-23-18-9-11-22-12-10-18/h4-6,13,18-21H,2-3,7-12,14-15H2,1H3/t19-,20+/m0/s1. The first-order valence-corrected chi connectivity index (χ1v) is 10.7. The Morgan fingerprint density at radius 1 is 1.12 bits per heavy atom. The predicted octanol–water partition coefficient (Wildman–Crippen LogP) is 4.15. The SMILES string of the molecule is CS[C@@H]1CCCC[C@@H]1NCc1cccc(COC2CCOCC2)c1. The van der Waals surface area contributed by atoms with Gasteiger partial charge in [0.05, 0.1) is 12.7 Å². The second kappa shape index (κ2) is 9.81.